The zero-order valence-electron chi connectivity index (χ0n) is 11.9. The SMILES string of the molecule is C=C(CC(C)(C)C)c1cc(C(F)(F)F)cc(C(F)(F)F)c1. The zero-order valence-corrected chi connectivity index (χ0v) is 11.9. The van der Waals surface area contributed by atoms with Crippen LogP contribution in [-0.4, -0.2) is 0 Å². The topological polar surface area (TPSA) is 0 Å². The van der Waals surface area contributed by atoms with Crippen molar-refractivity contribution in [2.24, 2.45) is 5.41 Å². The molecule has 0 aliphatic carbocycles. The molecule has 0 nitrogen and oxygen atoms in total. The van der Waals surface area contributed by atoms with E-state index >= 15 is 0 Å². The van der Waals surface area contributed by atoms with Crippen LogP contribution in [0.3, 0.4) is 0 Å². The van der Waals surface area contributed by atoms with Gasteiger partial charge in [0, 0.05) is 0 Å². The molecule has 0 aliphatic rings. The lowest BCUT2D eigenvalue weighted by atomic mass is 9.85. The van der Waals surface area contributed by atoms with Crippen molar-refractivity contribution >= 4 is 5.57 Å². The van der Waals surface area contributed by atoms with E-state index in [-0.39, 0.29) is 22.6 Å². The zero-order chi connectivity index (χ0) is 16.6. The Hall–Kier alpha value is -1.46. The van der Waals surface area contributed by atoms with Gasteiger partial charge in [-0.1, -0.05) is 27.4 Å². The van der Waals surface area contributed by atoms with Crippen LogP contribution in [0.1, 0.15) is 43.9 Å². The average Bonchev–Trinajstić information content (AvgIpc) is 2.23. The molecular weight excluding hydrogens is 294 g/mol. The molecule has 0 fully saturated rings. The molecule has 0 aliphatic heterocycles. The van der Waals surface area contributed by atoms with E-state index in [9.17, 15) is 26.3 Å². The Balaban J connectivity index is 3.36. The number of allylic oxidation sites excluding steroid dienone is 1. The molecule has 0 saturated heterocycles. The highest BCUT2D eigenvalue weighted by Gasteiger charge is 2.37. The van der Waals surface area contributed by atoms with Crippen LogP contribution < -0.4 is 0 Å². The Morgan fingerprint density at radius 1 is 0.857 bits per heavy atom. The van der Waals surface area contributed by atoms with Crippen molar-refractivity contribution in [3.05, 3.63) is 41.5 Å². The van der Waals surface area contributed by atoms with Gasteiger partial charge < -0.3 is 0 Å². The number of rotatable bonds is 2. The second-order valence-electron chi connectivity index (χ2n) is 6.14. The first-order chi connectivity index (χ1) is 9.20. The van der Waals surface area contributed by atoms with Gasteiger partial charge in [0.2, 0.25) is 0 Å². The lowest BCUT2D eigenvalue weighted by Crippen LogP contribution is -2.12. The first-order valence-corrected chi connectivity index (χ1v) is 6.18. The van der Waals surface area contributed by atoms with Gasteiger partial charge in [0.15, 0.2) is 0 Å². The summed E-state index contributed by atoms with van der Waals surface area (Å²) in [4.78, 5) is 0. The highest BCUT2D eigenvalue weighted by molar-refractivity contribution is 5.65. The van der Waals surface area contributed by atoms with E-state index in [0.717, 1.165) is 0 Å². The Morgan fingerprint density at radius 3 is 1.52 bits per heavy atom. The van der Waals surface area contributed by atoms with Crippen LogP contribution in [-0.2, 0) is 12.4 Å². The Morgan fingerprint density at radius 2 is 1.24 bits per heavy atom. The van der Waals surface area contributed by atoms with Crippen molar-refractivity contribution < 1.29 is 26.3 Å². The molecule has 1 rings (SSSR count). The number of hydrogen-bond donors (Lipinski definition) is 0. The minimum atomic E-state index is -4.84. The van der Waals surface area contributed by atoms with Crippen LogP contribution in [0.15, 0.2) is 24.8 Å². The molecule has 1 aromatic rings. The average molecular weight is 310 g/mol. The molecule has 0 N–H and O–H groups in total. The summed E-state index contributed by atoms with van der Waals surface area (Å²) in [5.41, 5.74) is -2.81. The molecule has 0 spiro atoms. The van der Waals surface area contributed by atoms with E-state index in [2.05, 4.69) is 6.58 Å². The maximum atomic E-state index is 12.7. The molecule has 1 aromatic carbocycles. The second kappa shape index (κ2) is 5.39. The molecule has 0 heterocycles. The molecule has 6 heteroatoms. The minimum absolute atomic E-state index is 0.119. The quantitative estimate of drug-likeness (QED) is 0.573. The van der Waals surface area contributed by atoms with Gasteiger partial charge in [-0.25, -0.2) is 0 Å². The fourth-order valence-electron chi connectivity index (χ4n) is 1.90. The molecule has 21 heavy (non-hydrogen) atoms. The number of alkyl halides is 6. The summed E-state index contributed by atoms with van der Waals surface area (Å²) in [7, 11) is 0. The van der Waals surface area contributed by atoms with Crippen LogP contribution in [0.2, 0.25) is 0 Å². The van der Waals surface area contributed by atoms with E-state index in [4.69, 9.17) is 0 Å². The van der Waals surface area contributed by atoms with Crippen molar-refractivity contribution in [2.45, 2.75) is 39.5 Å². The van der Waals surface area contributed by atoms with E-state index < -0.39 is 23.5 Å². The molecule has 0 atom stereocenters. The summed E-state index contributed by atoms with van der Waals surface area (Å²) in [6.07, 6.45) is -9.37. The van der Waals surface area contributed by atoms with Crippen molar-refractivity contribution in [3.63, 3.8) is 0 Å². The first kappa shape index (κ1) is 17.6. The van der Waals surface area contributed by atoms with Gasteiger partial charge in [0.1, 0.15) is 0 Å². The second-order valence-corrected chi connectivity index (χ2v) is 6.14. The van der Waals surface area contributed by atoms with Gasteiger partial charge in [-0.2, -0.15) is 26.3 Å². The smallest absolute Gasteiger partial charge is 0.166 e. The summed E-state index contributed by atoms with van der Waals surface area (Å²) in [6.45, 7) is 9.11. The highest BCUT2D eigenvalue weighted by Crippen LogP contribution is 2.39. The van der Waals surface area contributed by atoms with Crippen LogP contribution in [0.5, 0.6) is 0 Å². The van der Waals surface area contributed by atoms with Crippen LogP contribution >= 0.6 is 0 Å². The Labute approximate surface area is 119 Å². The summed E-state index contributed by atoms with van der Waals surface area (Å²) in [5, 5.41) is 0. The van der Waals surface area contributed by atoms with Crippen molar-refractivity contribution in [3.8, 4) is 0 Å². The largest absolute Gasteiger partial charge is 0.416 e. The van der Waals surface area contributed by atoms with Crippen molar-refractivity contribution in [1.82, 2.24) is 0 Å². The van der Waals surface area contributed by atoms with Crippen molar-refractivity contribution in [2.75, 3.05) is 0 Å². The standard InChI is InChI=1S/C15H16F6/c1-9(8-13(2,3)4)10-5-11(14(16,17)18)7-12(6-10)15(19,20)21/h5-7H,1,8H2,2-4H3. The fourth-order valence-corrected chi connectivity index (χ4v) is 1.90. The van der Waals surface area contributed by atoms with E-state index in [1.165, 1.54) is 0 Å². The molecular formula is C15H16F6. The predicted octanol–water partition coefficient (Wildman–Crippen LogP) is 6.17. The Bertz CT molecular complexity index is 496. The normalized spacial score (nSPS) is 13.4. The number of hydrogen-bond acceptors (Lipinski definition) is 0. The van der Waals surface area contributed by atoms with Crippen molar-refractivity contribution in [1.29, 1.82) is 0 Å². The molecule has 0 bridgehead atoms. The minimum Gasteiger partial charge on any atom is -0.166 e. The van der Waals surface area contributed by atoms with Gasteiger partial charge in [-0.15, -0.1) is 0 Å². The van der Waals surface area contributed by atoms with Gasteiger partial charge in [0.25, 0.3) is 0 Å². The van der Waals surface area contributed by atoms with Crippen LogP contribution in [0.4, 0.5) is 26.3 Å². The third kappa shape index (κ3) is 5.10. The van der Waals surface area contributed by atoms with E-state index in [1.54, 1.807) is 0 Å². The predicted molar refractivity (Wildman–Crippen MR) is 69.6 cm³/mol. The maximum Gasteiger partial charge on any atom is 0.416 e. The molecule has 0 amide bonds. The van der Waals surface area contributed by atoms with E-state index in [0.29, 0.717) is 18.6 Å². The fraction of sp³-hybridized carbons (Fsp3) is 0.467. The first-order valence-electron chi connectivity index (χ1n) is 6.18. The number of halogens is 6. The molecule has 0 radical (unpaired) electrons. The molecule has 0 saturated carbocycles. The number of benzene rings is 1. The Kier molecular flexibility index (Phi) is 4.51. The molecule has 0 aromatic heterocycles. The summed E-state index contributed by atoms with van der Waals surface area (Å²) >= 11 is 0. The lowest BCUT2D eigenvalue weighted by molar-refractivity contribution is -0.143. The third-order valence-electron chi connectivity index (χ3n) is 2.74. The van der Waals surface area contributed by atoms with Gasteiger partial charge in [-0.05, 0) is 41.2 Å². The monoisotopic (exact) mass is 310 g/mol. The highest BCUT2D eigenvalue weighted by atomic mass is 19.4. The third-order valence-corrected chi connectivity index (χ3v) is 2.74. The van der Waals surface area contributed by atoms with Gasteiger partial charge >= 0.3 is 12.4 Å². The van der Waals surface area contributed by atoms with Gasteiger partial charge in [0.05, 0.1) is 11.1 Å². The molecule has 0 unspecified atom stereocenters. The lowest BCUT2D eigenvalue weighted by Gasteiger charge is -2.21. The summed E-state index contributed by atoms with van der Waals surface area (Å²) in [5.74, 6) is 0. The maximum absolute atomic E-state index is 12.7. The van der Waals surface area contributed by atoms with Crippen LogP contribution in [0.25, 0.3) is 5.57 Å². The van der Waals surface area contributed by atoms with Gasteiger partial charge in [-0.3, -0.25) is 0 Å². The molecule has 118 valence electrons. The summed E-state index contributed by atoms with van der Waals surface area (Å²) in [6, 6.07) is 1.54. The van der Waals surface area contributed by atoms with Crippen LogP contribution in [0, 0.1) is 5.41 Å². The van der Waals surface area contributed by atoms with E-state index in [1.807, 2.05) is 20.8 Å². The summed E-state index contributed by atoms with van der Waals surface area (Å²) < 4.78 is 76.4.